The van der Waals surface area contributed by atoms with Gasteiger partial charge in [-0.15, -0.1) is 0 Å². The second kappa shape index (κ2) is 9.89. The van der Waals surface area contributed by atoms with Gasteiger partial charge in [0.15, 0.2) is 23.3 Å². The number of aliphatic imine (C=N–C) groups is 1. The van der Waals surface area contributed by atoms with Gasteiger partial charge >= 0.3 is 0 Å². The van der Waals surface area contributed by atoms with E-state index in [1.54, 1.807) is 0 Å². The van der Waals surface area contributed by atoms with Crippen molar-refractivity contribution in [3.8, 4) is 34.2 Å². The summed E-state index contributed by atoms with van der Waals surface area (Å²) in [5.74, 6) is 2.15. The fraction of sp³-hybridized carbons (Fsp3) is 0. The van der Waals surface area contributed by atoms with Gasteiger partial charge in [-0.25, -0.2) is 19.9 Å². The molecule has 0 aliphatic heterocycles. The summed E-state index contributed by atoms with van der Waals surface area (Å²) >= 11 is 0. The van der Waals surface area contributed by atoms with Gasteiger partial charge in [-0.05, 0) is 0 Å². The lowest BCUT2D eigenvalue weighted by Gasteiger charge is -2.09. The first-order chi connectivity index (χ1) is 17.2. The van der Waals surface area contributed by atoms with E-state index in [2.05, 4.69) is 4.99 Å². The Morgan fingerprint density at radius 2 is 0.914 bits per heavy atom. The highest BCUT2D eigenvalue weighted by atomic mass is 15.0. The highest BCUT2D eigenvalue weighted by Crippen LogP contribution is 2.24. The van der Waals surface area contributed by atoms with Gasteiger partial charge in [-0.1, -0.05) is 115 Å². The van der Waals surface area contributed by atoms with Crippen molar-refractivity contribution >= 4 is 11.7 Å². The first kappa shape index (κ1) is 21.9. The minimum Gasteiger partial charge on any atom is -0.383 e. The maximum Gasteiger partial charge on any atom is 0.164 e. The third-order valence-electron chi connectivity index (χ3n) is 5.42. The molecule has 0 spiro atoms. The van der Waals surface area contributed by atoms with E-state index in [-0.39, 0.29) is 5.84 Å². The molecule has 1 aromatic heterocycles. The van der Waals surface area contributed by atoms with Crippen molar-refractivity contribution in [2.45, 2.75) is 0 Å². The molecule has 6 heteroatoms. The van der Waals surface area contributed by atoms with Crippen LogP contribution in [0.5, 0.6) is 0 Å². The number of nitrogens with two attached hydrogens (primary N) is 1. The monoisotopic (exact) mass is 454 g/mol. The molecule has 0 fully saturated rings. The maximum absolute atomic E-state index is 8.37. The van der Waals surface area contributed by atoms with Crippen LogP contribution in [0.3, 0.4) is 0 Å². The molecular formula is C29H22N6. The van der Waals surface area contributed by atoms with Gasteiger partial charge in [0.05, 0.1) is 0 Å². The minimum absolute atomic E-state index is 0.0866. The first-order valence-corrected chi connectivity index (χ1v) is 11.1. The predicted octanol–water partition coefficient (Wildman–Crippen LogP) is 5.60. The van der Waals surface area contributed by atoms with Gasteiger partial charge in [0.2, 0.25) is 0 Å². The van der Waals surface area contributed by atoms with Crippen LogP contribution in [0, 0.1) is 5.41 Å². The van der Waals surface area contributed by atoms with E-state index in [9.17, 15) is 0 Å². The molecule has 1 heterocycles. The minimum atomic E-state index is 0.0866. The molecule has 0 radical (unpaired) electrons. The molecule has 5 rings (SSSR count). The third-order valence-corrected chi connectivity index (χ3v) is 5.42. The van der Waals surface area contributed by atoms with Gasteiger partial charge in [0.1, 0.15) is 5.84 Å². The van der Waals surface area contributed by atoms with Gasteiger partial charge in [-0.2, -0.15) is 0 Å². The van der Waals surface area contributed by atoms with Crippen LogP contribution in [-0.4, -0.2) is 26.6 Å². The average molecular weight is 455 g/mol. The van der Waals surface area contributed by atoms with E-state index < -0.39 is 0 Å². The molecule has 0 amide bonds. The Bertz CT molecular complexity index is 1420. The second-order valence-electron chi connectivity index (χ2n) is 7.83. The Kier molecular flexibility index (Phi) is 6.17. The molecule has 0 bridgehead atoms. The van der Waals surface area contributed by atoms with E-state index in [1.165, 1.54) is 0 Å². The molecule has 0 aliphatic rings. The van der Waals surface area contributed by atoms with Crippen molar-refractivity contribution in [2.24, 2.45) is 10.7 Å². The standard InChI is InChI=1S/C29H22N6/c30-25(20-10-4-1-5-11-20)32-26(31)21-16-18-24(19-17-21)29-34-27(22-12-6-2-7-13-22)33-28(35-29)23-14-8-3-9-15-23/h1-19H,(H3,30,31,32). The number of nitrogens with one attached hydrogen (secondary N) is 1. The SMILES string of the molecule is N=C(/N=C(\N)c1ccccc1)c1ccc(-c2nc(-c3ccccc3)nc(-c3ccccc3)n2)cc1. The van der Waals surface area contributed by atoms with Crippen molar-refractivity contribution in [1.82, 2.24) is 15.0 Å². The number of benzene rings is 4. The van der Waals surface area contributed by atoms with E-state index in [0.29, 0.717) is 28.9 Å². The highest BCUT2D eigenvalue weighted by molar-refractivity contribution is 6.09. The second-order valence-corrected chi connectivity index (χ2v) is 7.83. The third kappa shape index (κ3) is 5.02. The van der Waals surface area contributed by atoms with Crippen molar-refractivity contribution in [3.63, 3.8) is 0 Å². The summed E-state index contributed by atoms with van der Waals surface area (Å²) in [5, 5.41) is 8.37. The van der Waals surface area contributed by atoms with Crippen LogP contribution in [0.25, 0.3) is 34.2 Å². The van der Waals surface area contributed by atoms with Crippen LogP contribution < -0.4 is 5.73 Å². The lowest BCUT2D eigenvalue weighted by Crippen LogP contribution is -2.15. The predicted molar refractivity (Wildman–Crippen MR) is 140 cm³/mol. The molecule has 0 atom stereocenters. The summed E-state index contributed by atoms with van der Waals surface area (Å²) < 4.78 is 0. The van der Waals surface area contributed by atoms with Crippen molar-refractivity contribution in [2.75, 3.05) is 0 Å². The molecule has 0 aliphatic carbocycles. The smallest absolute Gasteiger partial charge is 0.164 e. The topological polar surface area (TPSA) is 101 Å². The number of amidine groups is 2. The Morgan fingerprint density at radius 1 is 0.514 bits per heavy atom. The summed E-state index contributed by atoms with van der Waals surface area (Å²) in [7, 11) is 0. The largest absolute Gasteiger partial charge is 0.383 e. The summed E-state index contributed by atoms with van der Waals surface area (Å²) in [5.41, 5.74) is 10.2. The Labute approximate surface area is 203 Å². The molecule has 0 saturated heterocycles. The van der Waals surface area contributed by atoms with Gasteiger partial charge < -0.3 is 5.73 Å². The summed E-state index contributed by atoms with van der Waals surface area (Å²) in [6, 6.07) is 36.5. The van der Waals surface area contributed by atoms with Crippen molar-refractivity contribution in [3.05, 3.63) is 126 Å². The molecule has 35 heavy (non-hydrogen) atoms. The van der Waals surface area contributed by atoms with E-state index in [1.807, 2.05) is 115 Å². The van der Waals surface area contributed by atoms with Crippen LogP contribution in [0.15, 0.2) is 120 Å². The molecular weight excluding hydrogens is 432 g/mol. The Hall–Kier alpha value is -4.97. The molecule has 3 N–H and O–H groups in total. The molecule has 6 nitrogen and oxygen atoms in total. The van der Waals surface area contributed by atoms with E-state index >= 15 is 0 Å². The van der Waals surface area contributed by atoms with Gasteiger partial charge in [-0.3, -0.25) is 5.41 Å². The van der Waals surface area contributed by atoms with Crippen LogP contribution in [0.2, 0.25) is 0 Å². The molecule has 168 valence electrons. The maximum atomic E-state index is 8.37. The van der Waals surface area contributed by atoms with Gasteiger partial charge in [0.25, 0.3) is 0 Å². The number of aromatic nitrogens is 3. The summed E-state index contributed by atoms with van der Waals surface area (Å²) in [6.45, 7) is 0. The quantitative estimate of drug-likeness (QED) is 0.266. The van der Waals surface area contributed by atoms with Crippen LogP contribution in [-0.2, 0) is 0 Å². The number of rotatable bonds is 5. The zero-order valence-electron chi connectivity index (χ0n) is 18.8. The zero-order chi connectivity index (χ0) is 24.0. The summed E-state index contributed by atoms with van der Waals surface area (Å²) in [4.78, 5) is 18.5. The summed E-state index contributed by atoms with van der Waals surface area (Å²) in [6.07, 6.45) is 0. The lowest BCUT2D eigenvalue weighted by atomic mass is 10.1. The number of hydrogen-bond acceptors (Lipinski definition) is 4. The van der Waals surface area contributed by atoms with Crippen LogP contribution in [0.4, 0.5) is 0 Å². The fourth-order valence-electron chi connectivity index (χ4n) is 3.57. The van der Waals surface area contributed by atoms with Crippen molar-refractivity contribution < 1.29 is 0 Å². The van der Waals surface area contributed by atoms with Crippen molar-refractivity contribution in [1.29, 1.82) is 5.41 Å². The Balaban J connectivity index is 1.49. The zero-order valence-corrected chi connectivity index (χ0v) is 18.8. The fourth-order valence-corrected chi connectivity index (χ4v) is 3.57. The van der Waals surface area contributed by atoms with Crippen LogP contribution >= 0.6 is 0 Å². The molecule has 0 unspecified atom stereocenters. The van der Waals surface area contributed by atoms with E-state index in [4.69, 9.17) is 26.1 Å². The Morgan fingerprint density at radius 3 is 1.37 bits per heavy atom. The van der Waals surface area contributed by atoms with Crippen LogP contribution in [0.1, 0.15) is 11.1 Å². The number of hydrogen-bond donors (Lipinski definition) is 2. The lowest BCUT2D eigenvalue weighted by molar-refractivity contribution is 1.07. The molecule has 4 aromatic carbocycles. The van der Waals surface area contributed by atoms with E-state index in [0.717, 1.165) is 22.3 Å². The first-order valence-electron chi connectivity index (χ1n) is 11.1. The molecule has 0 saturated carbocycles. The number of nitrogens with zero attached hydrogens (tertiary/aromatic N) is 4. The van der Waals surface area contributed by atoms with Gasteiger partial charge in [0, 0.05) is 27.8 Å². The normalized spacial score (nSPS) is 11.3. The highest BCUT2D eigenvalue weighted by Gasteiger charge is 2.12. The molecule has 5 aromatic rings. The average Bonchev–Trinajstić information content (AvgIpc) is 2.94.